The van der Waals surface area contributed by atoms with Gasteiger partial charge in [0.25, 0.3) is 0 Å². The standard InChI is InChI=1S/C17H17NO6/c1-11(23-10-12-6-3-2-4-7-12)24-17(22)18-14-9-5-8-13(15(14)19)16(20)21/h2-9,11,19H,10H2,1H3,(H,18,22)(H,20,21). The summed E-state index contributed by atoms with van der Waals surface area (Å²) in [6.07, 6.45) is -1.69. The molecule has 2 aromatic rings. The molecule has 0 bridgehead atoms. The Balaban J connectivity index is 1.89. The number of carboxylic acids is 1. The van der Waals surface area contributed by atoms with Crippen molar-refractivity contribution in [2.75, 3.05) is 5.32 Å². The zero-order valence-electron chi connectivity index (χ0n) is 12.9. The first kappa shape index (κ1) is 17.3. The van der Waals surface area contributed by atoms with Crippen molar-refractivity contribution in [3.05, 3.63) is 59.7 Å². The number of carboxylic acid groups (broad SMARTS) is 1. The monoisotopic (exact) mass is 331 g/mol. The van der Waals surface area contributed by atoms with E-state index in [4.69, 9.17) is 14.6 Å². The lowest BCUT2D eigenvalue weighted by Crippen LogP contribution is -2.22. The lowest BCUT2D eigenvalue weighted by atomic mass is 10.2. The van der Waals surface area contributed by atoms with Crippen LogP contribution in [0.2, 0.25) is 0 Å². The quantitative estimate of drug-likeness (QED) is 0.554. The van der Waals surface area contributed by atoms with E-state index in [0.29, 0.717) is 0 Å². The smallest absolute Gasteiger partial charge is 0.414 e. The molecule has 1 unspecified atom stereocenters. The number of ether oxygens (including phenoxy) is 2. The summed E-state index contributed by atoms with van der Waals surface area (Å²) < 4.78 is 10.4. The van der Waals surface area contributed by atoms with Gasteiger partial charge in [0.15, 0.2) is 5.75 Å². The van der Waals surface area contributed by atoms with Gasteiger partial charge in [0, 0.05) is 0 Å². The molecule has 0 spiro atoms. The van der Waals surface area contributed by atoms with E-state index >= 15 is 0 Å². The highest BCUT2D eigenvalue weighted by molar-refractivity contribution is 5.96. The second-order valence-electron chi connectivity index (χ2n) is 4.90. The van der Waals surface area contributed by atoms with Gasteiger partial charge in [0.05, 0.1) is 12.3 Å². The van der Waals surface area contributed by atoms with E-state index in [9.17, 15) is 14.7 Å². The molecule has 7 nitrogen and oxygen atoms in total. The van der Waals surface area contributed by atoms with E-state index in [1.54, 1.807) is 6.92 Å². The summed E-state index contributed by atoms with van der Waals surface area (Å²) >= 11 is 0. The predicted octanol–water partition coefficient (Wildman–Crippen LogP) is 3.20. The van der Waals surface area contributed by atoms with Crippen LogP contribution in [0, 0.1) is 0 Å². The number of amides is 1. The fourth-order valence-corrected chi connectivity index (χ4v) is 1.93. The average Bonchev–Trinajstić information content (AvgIpc) is 2.55. The molecule has 3 N–H and O–H groups in total. The van der Waals surface area contributed by atoms with Crippen LogP contribution < -0.4 is 5.32 Å². The number of aromatic carboxylic acids is 1. The summed E-state index contributed by atoms with van der Waals surface area (Å²) in [6.45, 7) is 1.82. The third kappa shape index (κ3) is 4.72. The Hall–Kier alpha value is -3.06. The van der Waals surface area contributed by atoms with Gasteiger partial charge in [-0.25, -0.2) is 9.59 Å². The number of phenols is 1. The summed E-state index contributed by atoms with van der Waals surface area (Å²) in [6, 6.07) is 13.4. The van der Waals surface area contributed by atoms with Gasteiger partial charge in [-0.2, -0.15) is 0 Å². The van der Waals surface area contributed by atoms with Gasteiger partial charge in [0.2, 0.25) is 6.29 Å². The molecule has 2 aromatic carbocycles. The third-order valence-electron chi connectivity index (χ3n) is 3.10. The first-order chi connectivity index (χ1) is 11.5. The molecule has 0 saturated carbocycles. The van der Waals surface area contributed by atoms with E-state index in [-0.39, 0.29) is 17.9 Å². The van der Waals surface area contributed by atoms with Gasteiger partial charge in [-0.15, -0.1) is 0 Å². The molecule has 0 aromatic heterocycles. The van der Waals surface area contributed by atoms with E-state index in [1.807, 2.05) is 30.3 Å². The zero-order valence-corrected chi connectivity index (χ0v) is 12.9. The molecule has 0 radical (unpaired) electrons. The Morgan fingerprint density at radius 3 is 2.50 bits per heavy atom. The predicted molar refractivity (Wildman–Crippen MR) is 85.9 cm³/mol. The number of hydrogen-bond acceptors (Lipinski definition) is 5. The highest BCUT2D eigenvalue weighted by Crippen LogP contribution is 2.27. The number of para-hydroxylation sites is 1. The van der Waals surface area contributed by atoms with Gasteiger partial charge in [-0.1, -0.05) is 36.4 Å². The number of aromatic hydroxyl groups is 1. The molecule has 0 heterocycles. The van der Waals surface area contributed by atoms with Crippen LogP contribution in [0.4, 0.5) is 10.5 Å². The number of rotatable bonds is 6. The lowest BCUT2D eigenvalue weighted by Gasteiger charge is -2.15. The Morgan fingerprint density at radius 1 is 1.12 bits per heavy atom. The SMILES string of the molecule is CC(OCc1ccccc1)OC(=O)Nc1cccc(C(=O)O)c1O. The van der Waals surface area contributed by atoms with E-state index in [1.165, 1.54) is 18.2 Å². The maximum Gasteiger partial charge on any atom is 0.414 e. The van der Waals surface area contributed by atoms with Crippen molar-refractivity contribution in [2.24, 2.45) is 0 Å². The molecule has 2 rings (SSSR count). The van der Waals surface area contributed by atoms with Crippen molar-refractivity contribution in [3.8, 4) is 5.75 Å². The second kappa shape index (κ2) is 7.98. The van der Waals surface area contributed by atoms with Gasteiger partial charge < -0.3 is 19.7 Å². The van der Waals surface area contributed by atoms with Gasteiger partial charge in [-0.3, -0.25) is 5.32 Å². The van der Waals surface area contributed by atoms with Crippen LogP contribution in [0.25, 0.3) is 0 Å². The minimum Gasteiger partial charge on any atom is -0.505 e. The molecule has 0 aliphatic carbocycles. The summed E-state index contributed by atoms with van der Waals surface area (Å²) in [4.78, 5) is 22.7. The van der Waals surface area contributed by atoms with Crippen molar-refractivity contribution in [1.82, 2.24) is 0 Å². The maximum absolute atomic E-state index is 11.8. The topological polar surface area (TPSA) is 105 Å². The molecule has 24 heavy (non-hydrogen) atoms. The Morgan fingerprint density at radius 2 is 1.83 bits per heavy atom. The summed E-state index contributed by atoms with van der Waals surface area (Å²) in [5.74, 6) is -1.84. The Bertz CT molecular complexity index is 716. The van der Waals surface area contributed by atoms with E-state index in [0.717, 1.165) is 5.56 Å². The molecular weight excluding hydrogens is 314 g/mol. The highest BCUT2D eigenvalue weighted by Gasteiger charge is 2.16. The number of nitrogens with one attached hydrogen (secondary N) is 1. The molecule has 0 fully saturated rings. The summed E-state index contributed by atoms with van der Waals surface area (Å²) in [7, 11) is 0. The van der Waals surface area contributed by atoms with E-state index < -0.39 is 24.1 Å². The average molecular weight is 331 g/mol. The molecule has 0 saturated heterocycles. The first-order valence-electron chi connectivity index (χ1n) is 7.16. The molecular formula is C17H17NO6. The molecule has 7 heteroatoms. The molecule has 0 aliphatic heterocycles. The largest absolute Gasteiger partial charge is 0.505 e. The molecule has 1 atom stereocenters. The van der Waals surface area contributed by atoms with Crippen LogP contribution in [-0.2, 0) is 16.1 Å². The molecule has 126 valence electrons. The third-order valence-corrected chi connectivity index (χ3v) is 3.10. The van der Waals surface area contributed by atoms with Crippen molar-refractivity contribution in [3.63, 3.8) is 0 Å². The van der Waals surface area contributed by atoms with Gasteiger partial charge in [0.1, 0.15) is 5.56 Å². The lowest BCUT2D eigenvalue weighted by molar-refractivity contribution is -0.0957. The summed E-state index contributed by atoms with van der Waals surface area (Å²) in [5, 5.41) is 21.0. The van der Waals surface area contributed by atoms with Crippen LogP contribution >= 0.6 is 0 Å². The van der Waals surface area contributed by atoms with Crippen LogP contribution in [-0.4, -0.2) is 28.6 Å². The molecule has 0 aliphatic rings. The van der Waals surface area contributed by atoms with Crippen LogP contribution in [0.1, 0.15) is 22.8 Å². The minimum absolute atomic E-state index is 0.0600. The van der Waals surface area contributed by atoms with Crippen LogP contribution in [0.5, 0.6) is 5.75 Å². The fourth-order valence-electron chi connectivity index (χ4n) is 1.93. The number of benzene rings is 2. The maximum atomic E-state index is 11.8. The van der Waals surface area contributed by atoms with Crippen LogP contribution in [0.15, 0.2) is 48.5 Å². The van der Waals surface area contributed by atoms with Crippen molar-refractivity contribution in [1.29, 1.82) is 0 Å². The van der Waals surface area contributed by atoms with Crippen molar-refractivity contribution >= 4 is 17.7 Å². The zero-order chi connectivity index (χ0) is 17.5. The van der Waals surface area contributed by atoms with Crippen molar-refractivity contribution < 1.29 is 29.3 Å². The first-order valence-corrected chi connectivity index (χ1v) is 7.16. The minimum atomic E-state index is -1.30. The number of carbonyl (C=O) groups excluding carboxylic acids is 1. The fraction of sp³-hybridized carbons (Fsp3) is 0.176. The number of anilines is 1. The van der Waals surface area contributed by atoms with E-state index in [2.05, 4.69) is 5.32 Å². The van der Waals surface area contributed by atoms with Gasteiger partial charge in [-0.05, 0) is 24.6 Å². The molecule has 1 amide bonds. The Kier molecular flexibility index (Phi) is 5.75. The van der Waals surface area contributed by atoms with Crippen LogP contribution in [0.3, 0.4) is 0 Å². The Labute approximate surface area is 138 Å². The van der Waals surface area contributed by atoms with Gasteiger partial charge >= 0.3 is 12.1 Å². The van der Waals surface area contributed by atoms with Crippen molar-refractivity contribution in [2.45, 2.75) is 19.8 Å². The number of carbonyl (C=O) groups is 2. The highest BCUT2D eigenvalue weighted by atomic mass is 16.7. The normalized spacial score (nSPS) is 11.5. The number of hydrogen-bond donors (Lipinski definition) is 3. The second-order valence-corrected chi connectivity index (χ2v) is 4.90. The summed E-state index contributed by atoms with van der Waals surface area (Å²) in [5.41, 5.74) is 0.552.